The Kier molecular flexibility index (Phi) is 4.70. The van der Waals surface area contributed by atoms with Crippen LogP contribution in [0.25, 0.3) is 0 Å². The first-order valence-corrected chi connectivity index (χ1v) is 6.76. The number of ether oxygens (including phenoxy) is 1. The molecule has 0 bridgehead atoms. The molecule has 0 radical (unpaired) electrons. The highest BCUT2D eigenvalue weighted by Crippen LogP contribution is 2.32. The minimum Gasteiger partial charge on any atom is -0.456 e. The molecule has 2 aromatic carbocycles. The van der Waals surface area contributed by atoms with Gasteiger partial charge in [-0.15, -0.1) is 0 Å². The van der Waals surface area contributed by atoms with Crippen LogP contribution in [0.4, 0.5) is 0 Å². The molecule has 2 nitrogen and oxygen atoms in total. The van der Waals surface area contributed by atoms with Gasteiger partial charge in [-0.3, -0.25) is 0 Å². The van der Waals surface area contributed by atoms with Crippen LogP contribution < -0.4 is 4.74 Å². The van der Waals surface area contributed by atoms with Crippen LogP contribution in [-0.4, -0.2) is 5.11 Å². The van der Waals surface area contributed by atoms with Crippen molar-refractivity contribution in [2.45, 2.75) is 19.4 Å². The summed E-state index contributed by atoms with van der Waals surface area (Å²) in [7, 11) is 0. The molecule has 0 fully saturated rings. The lowest BCUT2D eigenvalue weighted by Crippen LogP contribution is -1.94. The number of halogens is 2. The zero-order valence-corrected chi connectivity index (χ0v) is 11.9. The van der Waals surface area contributed by atoms with E-state index >= 15 is 0 Å². The number of aliphatic hydroxyl groups excluding tert-OH is 1. The summed E-state index contributed by atoms with van der Waals surface area (Å²) >= 11 is 11.9. The Morgan fingerprint density at radius 2 is 1.79 bits per heavy atom. The second-order valence-electron chi connectivity index (χ2n) is 4.17. The molecule has 0 spiro atoms. The summed E-state index contributed by atoms with van der Waals surface area (Å²) in [6.07, 6.45) is 0.240. The van der Waals surface area contributed by atoms with Crippen molar-refractivity contribution >= 4 is 23.2 Å². The number of hydrogen-bond acceptors (Lipinski definition) is 2. The van der Waals surface area contributed by atoms with Crippen LogP contribution in [0.5, 0.6) is 11.5 Å². The lowest BCUT2D eigenvalue weighted by molar-refractivity contribution is 0.173. The number of hydrogen-bond donors (Lipinski definition) is 1. The molecular weight excluding hydrogens is 283 g/mol. The van der Waals surface area contributed by atoms with Crippen molar-refractivity contribution in [1.29, 1.82) is 0 Å². The lowest BCUT2D eigenvalue weighted by atomic mass is 10.1. The van der Waals surface area contributed by atoms with E-state index in [0.717, 1.165) is 5.56 Å². The quantitative estimate of drug-likeness (QED) is 0.837. The fourth-order valence-electron chi connectivity index (χ4n) is 1.68. The highest BCUT2D eigenvalue weighted by molar-refractivity contribution is 6.34. The Balaban J connectivity index is 2.17. The molecule has 0 amide bonds. The van der Waals surface area contributed by atoms with Gasteiger partial charge in [0.15, 0.2) is 0 Å². The summed E-state index contributed by atoms with van der Waals surface area (Å²) in [4.78, 5) is 0. The predicted molar refractivity (Wildman–Crippen MR) is 78.2 cm³/mol. The molecule has 100 valence electrons. The van der Waals surface area contributed by atoms with E-state index in [2.05, 4.69) is 0 Å². The summed E-state index contributed by atoms with van der Waals surface area (Å²) in [6, 6.07) is 12.3. The van der Waals surface area contributed by atoms with Crippen LogP contribution >= 0.6 is 23.2 Å². The van der Waals surface area contributed by atoms with Crippen LogP contribution in [0.3, 0.4) is 0 Å². The molecule has 0 heterocycles. The third-order valence-corrected chi connectivity index (χ3v) is 3.32. The molecular formula is C15H14Cl2O2. The van der Waals surface area contributed by atoms with Gasteiger partial charge in [0.25, 0.3) is 0 Å². The third kappa shape index (κ3) is 3.63. The van der Waals surface area contributed by atoms with E-state index in [0.29, 0.717) is 28.0 Å². The average molecular weight is 297 g/mol. The van der Waals surface area contributed by atoms with E-state index in [1.807, 2.05) is 19.1 Å². The van der Waals surface area contributed by atoms with Crippen molar-refractivity contribution < 1.29 is 9.84 Å². The summed E-state index contributed by atoms with van der Waals surface area (Å²) in [5.41, 5.74) is 0.868. The molecule has 0 aliphatic carbocycles. The van der Waals surface area contributed by atoms with E-state index in [-0.39, 0.29) is 0 Å². The van der Waals surface area contributed by atoms with E-state index in [1.54, 1.807) is 30.3 Å². The SMILES string of the molecule is CC[C@H](O)c1ccc(Oc2cc(Cl)ccc2Cl)cc1. The largest absolute Gasteiger partial charge is 0.456 e. The van der Waals surface area contributed by atoms with Crippen molar-refractivity contribution in [3.05, 3.63) is 58.1 Å². The highest BCUT2D eigenvalue weighted by atomic mass is 35.5. The number of rotatable bonds is 4. The van der Waals surface area contributed by atoms with Gasteiger partial charge in [-0.05, 0) is 36.2 Å². The normalized spacial score (nSPS) is 12.2. The zero-order valence-electron chi connectivity index (χ0n) is 10.4. The molecule has 2 rings (SSSR count). The molecule has 0 saturated heterocycles. The van der Waals surface area contributed by atoms with Gasteiger partial charge >= 0.3 is 0 Å². The Morgan fingerprint density at radius 1 is 1.11 bits per heavy atom. The summed E-state index contributed by atoms with van der Waals surface area (Å²) in [6.45, 7) is 1.93. The van der Waals surface area contributed by atoms with Gasteiger partial charge in [0, 0.05) is 11.1 Å². The fraction of sp³-hybridized carbons (Fsp3) is 0.200. The first kappa shape index (κ1) is 14.2. The monoisotopic (exact) mass is 296 g/mol. The van der Waals surface area contributed by atoms with Crippen molar-refractivity contribution in [2.75, 3.05) is 0 Å². The molecule has 0 unspecified atom stereocenters. The van der Waals surface area contributed by atoms with Crippen LogP contribution in [0.2, 0.25) is 10.0 Å². The van der Waals surface area contributed by atoms with E-state index in [1.165, 1.54) is 0 Å². The van der Waals surface area contributed by atoms with Crippen molar-refractivity contribution in [3.8, 4) is 11.5 Å². The predicted octanol–water partition coefficient (Wildman–Crippen LogP) is 5.23. The summed E-state index contributed by atoms with van der Waals surface area (Å²) in [5, 5.41) is 10.8. The first-order chi connectivity index (χ1) is 9.10. The highest BCUT2D eigenvalue weighted by Gasteiger charge is 2.07. The van der Waals surface area contributed by atoms with E-state index in [9.17, 15) is 5.11 Å². The molecule has 0 aliphatic heterocycles. The van der Waals surface area contributed by atoms with Crippen LogP contribution in [0.15, 0.2) is 42.5 Å². The maximum Gasteiger partial charge on any atom is 0.147 e. The topological polar surface area (TPSA) is 29.5 Å². The fourth-order valence-corrected chi connectivity index (χ4v) is 1.99. The first-order valence-electron chi connectivity index (χ1n) is 6.01. The molecule has 0 saturated carbocycles. The van der Waals surface area contributed by atoms with Gasteiger partial charge in [0.2, 0.25) is 0 Å². The van der Waals surface area contributed by atoms with Crippen LogP contribution in [0.1, 0.15) is 25.0 Å². The standard InChI is InChI=1S/C15H14Cl2O2/c1-2-14(18)10-3-6-12(7-4-10)19-15-9-11(16)5-8-13(15)17/h3-9,14,18H,2H2,1H3/t14-/m0/s1. The molecule has 2 aromatic rings. The number of benzene rings is 2. The van der Waals surface area contributed by atoms with Crippen LogP contribution in [0, 0.1) is 0 Å². The van der Waals surface area contributed by atoms with Crippen molar-refractivity contribution in [2.24, 2.45) is 0 Å². The smallest absolute Gasteiger partial charge is 0.147 e. The Hall–Kier alpha value is -1.22. The van der Waals surface area contributed by atoms with E-state index < -0.39 is 6.10 Å². The van der Waals surface area contributed by atoms with Gasteiger partial charge in [-0.1, -0.05) is 42.3 Å². The molecule has 0 aliphatic rings. The minimum absolute atomic E-state index is 0.441. The van der Waals surface area contributed by atoms with Gasteiger partial charge in [-0.25, -0.2) is 0 Å². The molecule has 0 aromatic heterocycles. The maximum absolute atomic E-state index is 9.71. The van der Waals surface area contributed by atoms with Gasteiger partial charge in [-0.2, -0.15) is 0 Å². The second kappa shape index (κ2) is 6.29. The number of aliphatic hydroxyl groups is 1. The Bertz CT molecular complexity index is 553. The zero-order chi connectivity index (χ0) is 13.8. The molecule has 1 atom stereocenters. The van der Waals surface area contributed by atoms with Gasteiger partial charge in [0.1, 0.15) is 11.5 Å². The minimum atomic E-state index is -0.441. The van der Waals surface area contributed by atoms with Crippen molar-refractivity contribution in [1.82, 2.24) is 0 Å². The Labute approximate surface area is 122 Å². The van der Waals surface area contributed by atoms with E-state index in [4.69, 9.17) is 27.9 Å². The average Bonchev–Trinajstić information content (AvgIpc) is 2.43. The maximum atomic E-state index is 9.71. The molecule has 19 heavy (non-hydrogen) atoms. The lowest BCUT2D eigenvalue weighted by Gasteiger charge is -2.11. The third-order valence-electron chi connectivity index (χ3n) is 2.77. The van der Waals surface area contributed by atoms with Gasteiger partial charge < -0.3 is 9.84 Å². The second-order valence-corrected chi connectivity index (χ2v) is 5.01. The summed E-state index contributed by atoms with van der Waals surface area (Å²) < 4.78 is 5.66. The van der Waals surface area contributed by atoms with Crippen molar-refractivity contribution in [3.63, 3.8) is 0 Å². The summed E-state index contributed by atoms with van der Waals surface area (Å²) in [5.74, 6) is 1.16. The molecule has 1 N–H and O–H groups in total. The van der Waals surface area contributed by atoms with Gasteiger partial charge in [0.05, 0.1) is 11.1 Å². The van der Waals surface area contributed by atoms with Crippen LogP contribution in [-0.2, 0) is 0 Å². The molecule has 4 heteroatoms. The Morgan fingerprint density at radius 3 is 2.42 bits per heavy atom.